The van der Waals surface area contributed by atoms with Crippen molar-refractivity contribution in [3.05, 3.63) is 0 Å². The van der Waals surface area contributed by atoms with Gasteiger partial charge in [0.05, 0.1) is 6.54 Å². The fourth-order valence-corrected chi connectivity index (χ4v) is 1.66. The van der Waals surface area contributed by atoms with Crippen LogP contribution >= 0.6 is 11.8 Å². The summed E-state index contributed by atoms with van der Waals surface area (Å²) in [6, 6.07) is 0. The predicted octanol–water partition coefficient (Wildman–Crippen LogP) is -0.0557. The van der Waals surface area contributed by atoms with Crippen LogP contribution in [-0.2, 0) is 4.79 Å². The molecule has 5 heteroatoms. The third kappa shape index (κ3) is 3.61. The van der Waals surface area contributed by atoms with E-state index in [0.717, 1.165) is 30.4 Å². The molecule has 12 heavy (non-hydrogen) atoms. The predicted molar refractivity (Wildman–Crippen MR) is 51.2 cm³/mol. The molecule has 0 aromatic rings. The molecule has 0 aromatic carbocycles. The Balaban J connectivity index is 1.98. The van der Waals surface area contributed by atoms with E-state index in [2.05, 4.69) is 10.3 Å². The van der Waals surface area contributed by atoms with Gasteiger partial charge in [-0.25, -0.2) is 0 Å². The molecule has 1 heterocycles. The van der Waals surface area contributed by atoms with E-state index >= 15 is 0 Å². The molecule has 0 unspecified atom stereocenters. The number of carbonyl (C=O) groups excluding carboxylic acids is 1. The van der Waals surface area contributed by atoms with Crippen molar-refractivity contribution in [1.29, 1.82) is 0 Å². The van der Waals surface area contributed by atoms with Crippen molar-refractivity contribution in [2.45, 2.75) is 12.8 Å². The van der Waals surface area contributed by atoms with Crippen LogP contribution in [0.3, 0.4) is 0 Å². The Morgan fingerprint density at radius 1 is 1.75 bits per heavy atom. The fourth-order valence-electron chi connectivity index (χ4n) is 0.900. The number of amides is 1. The van der Waals surface area contributed by atoms with Gasteiger partial charge in [0.1, 0.15) is 0 Å². The van der Waals surface area contributed by atoms with E-state index in [9.17, 15) is 4.79 Å². The molecule has 0 radical (unpaired) electrons. The summed E-state index contributed by atoms with van der Waals surface area (Å²) in [7, 11) is 0. The number of thioether (sulfide) groups is 1. The highest BCUT2D eigenvalue weighted by Crippen LogP contribution is 2.08. The molecule has 1 amide bonds. The van der Waals surface area contributed by atoms with Gasteiger partial charge < -0.3 is 11.1 Å². The smallest absolute Gasteiger partial charge is 0.217 e. The van der Waals surface area contributed by atoms with E-state index in [4.69, 9.17) is 5.73 Å². The zero-order valence-corrected chi connectivity index (χ0v) is 7.69. The van der Waals surface area contributed by atoms with Gasteiger partial charge in [0.25, 0.3) is 0 Å². The first-order chi connectivity index (χ1) is 5.79. The van der Waals surface area contributed by atoms with Gasteiger partial charge in [-0.3, -0.25) is 9.79 Å². The van der Waals surface area contributed by atoms with Gasteiger partial charge in [-0.2, -0.15) is 0 Å². The Morgan fingerprint density at radius 2 is 2.58 bits per heavy atom. The van der Waals surface area contributed by atoms with E-state index in [-0.39, 0.29) is 5.91 Å². The van der Waals surface area contributed by atoms with Crippen LogP contribution < -0.4 is 11.1 Å². The highest BCUT2D eigenvalue weighted by molar-refractivity contribution is 8.14. The number of hydrogen-bond acceptors (Lipinski definition) is 4. The van der Waals surface area contributed by atoms with Gasteiger partial charge >= 0.3 is 0 Å². The molecule has 0 fully saturated rings. The summed E-state index contributed by atoms with van der Waals surface area (Å²) in [5, 5.41) is 4.14. The number of hydrogen-bond donors (Lipinski definition) is 2. The summed E-state index contributed by atoms with van der Waals surface area (Å²) in [5.41, 5.74) is 4.98. The molecular formula is C7H13N3OS. The Bertz CT molecular complexity index is 193. The van der Waals surface area contributed by atoms with Gasteiger partial charge in [-0.1, -0.05) is 11.8 Å². The van der Waals surface area contributed by atoms with E-state index in [1.165, 1.54) is 0 Å². The lowest BCUT2D eigenvalue weighted by molar-refractivity contribution is -0.118. The molecule has 0 aliphatic carbocycles. The molecule has 1 rings (SSSR count). The number of carbonyl (C=O) groups is 1. The van der Waals surface area contributed by atoms with E-state index in [1.807, 2.05) is 0 Å². The van der Waals surface area contributed by atoms with Crippen molar-refractivity contribution in [3.63, 3.8) is 0 Å². The van der Waals surface area contributed by atoms with Crippen molar-refractivity contribution in [3.8, 4) is 0 Å². The summed E-state index contributed by atoms with van der Waals surface area (Å²) in [6.45, 7) is 1.69. The number of nitrogens with two attached hydrogens (primary N) is 1. The summed E-state index contributed by atoms with van der Waals surface area (Å²) >= 11 is 1.72. The molecule has 0 saturated heterocycles. The largest absolute Gasteiger partial charge is 0.370 e. The van der Waals surface area contributed by atoms with Crippen LogP contribution in [0.1, 0.15) is 12.8 Å². The summed E-state index contributed by atoms with van der Waals surface area (Å²) < 4.78 is 0. The number of nitrogens with zero attached hydrogens (tertiary/aromatic N) is 1. The fraction of sp³-hybridized carbons (Fsp3) is 0.714. The topological polar surface area (TPSA) is 67.5 Å². The van der Waals surface area contributed by atoms with Crippen LogP contribution in [0.25, 0.3) is 0 Å². The van der Waals surface area contributed by atoms with Crippen LogP contribution in [-0.4, -0.2) is 29.9 Å². The van der Waals surface area contributed by atoms with Crippen LogP contribution in [0, 0.1) is 0 Å². The summed E-state index contributed by atoms with van der Waals surface area (Å²) in [6.07, 6.45) is 1.24. The number of rotatable bonds is 4. The summed E-state index contributed by atoms with van der Waals surface area (Å²) in [4.78, 5) is 14.6. The number of amidine groups is 1. The van der Waals surface area contributed by atoms with Gasteiger partial charge in [-0.15, -0.1) is 0 Å². The van der Waals surface area contributed by atoms with Crippen LogP contribution in [0.15, 0.2) is 4.99 Å². The van der Waals surface area contributed by atoms with Crippen molar-refractivity contribution in [2.24, 2.45) is 10.7 Å². The maximum atomic E-state index is 10.4. The number of nitrogens with one attached hydrogen (secondary N) is 1. The molecule has 0 bridgehead atoms. The molecule has 0 aromatic heterocycles. The molecule has 1 aliphatic rings. The average molecular weight is 187 g/mol. The second-order valence-corrected chi connectivity index (χ2v) is 3.62. The van der Waals surface area contributed by atoms with Gasteiger partial charge in [-0.05, 0) is 6.42 Å². The molecule has 0 spiro atoms. The molecule has 68 valence electrons. The second kappa shape index (κ2) is 5.03. The zero-order chi connectivity index (χ0) is 8.81. The van der Waals surface area contributed by atoms with Crippen molar-refractivity contribution >= 4 is 22.8 Å². The van der Waals surface area contributed by atoms with E-state index in [0.29, 0.717) is 6.42 Å². The third-order valence-electron chi connectivity index (χ3n) is 1.46. The Labute approximate surface area is 76.0 Å². The molecule has 3 N–H and O–H groups in total. The van der Waals surface area contributed by atoms with Gasteiger partial charge in [0.2, 0.25) is 5.91 Å². The number of aliphatic imine (C=N–C) groups is 1. The number of primary amides is 1. The minimum atomic E-state index is -0.238. The summed E-state index contributed by atoms with van der Waals surface area (Å²) in [5.74, 6) is 0.829. The molecule has 1 aliphatic heterocycles. The second-order valence-electron chi connectivity index (χ2n) is 2.53. The van der Waals surface area contributed by atoms with Crippen LogP contribution in [0.4, 0.5) is 0 Å². The minimum Gasteiger partial charge on any atom is -0.370 e. The average Bonchev–Trinajstić information content (AvgIpc) is 2.49. The molecule has 4 nitrogen and oxygen atoms in total. The normalized spacial score (nSPS) is 15.8. The first-order valence-corrected chi connectivity index (χ1v) is 4.97. The van der Waals surface area contributed by atoms with Crippen molar-refractivity contribution in [2.75, 3.05) is 18.8 Å². The van der Waals surface area contributed by atoms with Gasteiger partial charge in [0.15, 0.2) is 5.17 Å². The minimum absolute atomic E-state index is 0.238. The van der Waals surface area contributed by atoms with Crippen molar-refractivity contribution < 1.29 is 4.79 Å². The lowest BCUT2D eigenvalue weighted by Crippen LogP contribution is -2.22. The first kappa shape index (κ1) is 9.38. The Hall–Kier alpha value is -0.710. The molecule has 0 saturated carbocycles. The lowest BCUT2D eigenvalue weighted by atomic mass is 10.3. The SMILES string of the molecule is NC(=O)CCCNC1=NCCS1. The molecular weight excluding hydrogens is 174 g/mol. The maximum Gasteiger partial charge on any atom is 0.217 e. The highest BCUT2D eigenvalue weighted by Gasteiger charge is 2.04. The quantitative estimate of drug-likeness (QED) is 0.606. The zero-order valence-electron chi connectivity index (χ0n) is 6.88. The van der Waals surface area contributed by atoms with Crippen LogP contribution in [0.2, 0.25) is 0 Å². The highest BCUT2D eigenvalue weighted by atomic mass is 32.2. The van der Waals surface area contributed by atoms with E-state index < -0.39 is 0 Å². The third-order valence-corrected chi connectivity index (χ3v) is 2.40. The Kier molecular flexibility index (Phi) is 3.93. The van der Waals surface area contributed by atoms with Crippen LogP contribution in [0.5, 0.6) is 0 Å². The standard InChI is InChI=1S/C7H13N3OS/c8-6(11)2-1-3-9-7-10-4-5-12-7/h1-5H2,(H2,8,11)(H,9,10). The maximum absolute atomic E-state index is 10.4. The first-order valence-electron chi connectivity index (χ1n) is 3.98. The lowest BCUT2D eigenvalue weighted by Gasteiger charge is -2.02. The van der Waals surface area contributed by atoms with Crippen molar-refractivity contribution in [1.82, 2.24) is 5.32 Å². The van der Waals surface area contributed by atoms with Gasteiger partial charge in [0, 0.05) is 18.7 Å². The Morgan fingerprint density at radius 3 is 3.17 bits per heavy atom. The molecule has 0 atom stereocenters. The monoisotopic (exact) mass is 187 g/mol. The van der Waals surface area contributed by atoms with E-state index in [1.54, 1.807) is 11.8 Å².